The van der Waals surface area contributed by atoms with Gasteiger partial charge in [-0.2, -0.15) is 11.8 Å². The summed E-state index contributed by atoms with van der Waals surface area (Å²) in [5, 5.41) is 3.38. The highest BCUT2D eigenvalue weighted by molar-refractivity contribution is 7.99. The van der Waals surface area contributed by atoms with Crippen molar-refractivity contribution in [2.45, 2.75) is 19.8 Å². The van der Waals surface area contributed by atoms with Gasteiger partial charge in [0.05, 0.1) is 6.61 Å². The lowest BCUT2D eigenvalue weighted by molar-refractivity contribution is 0.218. The molecule has 0 aromatic heterocycles. The summed E-state index contributed by atoms with van der Waals surface area (Å²) < 4.78 is 4.95. The third-order valence-corrected chi connectivity index (χ3v) is 2.53. The van der Waals surface area contributed by atoms with Crippen molar-refractivity contribution in [2.75, 3.05) is 38.3 Å². The van der Waals surface area contributed by atoms with Crippen LogP contribution in [-0.2, 0) is 4.74 Å². The van der Waals surface area contributed by atoms with Crippen molar-refractivity contribution < 1.29 is 4.74 Å². The van der Waals surface area contributed by atoms with Gasteiger partial charge in [-0.05, 0) is 31.7 Å². The van der Waals surface area contributed by atoms with Gasteiger partial charge in [-0.3, -0.25) is 0 Å². The van der Waals surface area contributed by atoms with E-state index in [0.717, 1.165) is 25.4 Å². The van der Waals surface area contributed by atoms with Crippen molar-refractivity contribution in [3.8, 4) is 0 Å². The Hall–Kier alpha value is 0.270. The van der Waals surface area contributed by atoms with Gasteiger partial charge in [-0.25, -0.2) is 0 Å². The molecule has 0 fully saturated rings. The monoisotopic (exact) mass is 191 g/mol. The predicted molar refractivity (Wildman–Crippen MR) is 57.0 cm³/mol. The van der Waals surface area contributed by atoms with Gasteiger partial charge in [0.15, 0.2) is 0 Å². The molecule has 0 radical (unpaired) electrons. The van der Waals surface area contributed by atoms with Crippen LogP contribution in [0.4, 0.5) is 0 Å². The van der Waals surface area contributed by atoms with Crippen LogP contribution in [0.5, 0.6) is 0 Å². The van der Waals surface area contributed by atoms with Crippen LogP contribution in [0.25, 0.3) is 0 Å². The van der Waals surface area contributed by atoms with Crippen molar-refractivity contribution in [2.24, 2.45) is 0 Å². The lowest BCUT2D eigenvalue weighted by Gasteiger charge is -2.02. The van der Waals surface area contributed by atoms with E-state index >= 15 is 0 Å². The molecule has 0 unspecified atom stereocenters. The molecule has 0 amide bonds. The Morgan fingerprint density at radius 1 is 1.25 bits per heavy atom. The summed E-state index contributed by atoms with van der Waals surface area (Å²) >= 11 is 1.97. The molecule has 0 aliphatic rings. The average Bonchev–Trinajstić information content (AvgIpc) is 2.10. The molecule has 3 heteroatoms. The van der Waals surface area contributed by atoms with Gasteiger partial charge >= 0.3 is 0 Å². The molecule has 0 aliphatic heterocycles. The lowest BCUT2D eigenvalue weighted by atomic mass is 10.4. The largest absolute Gasteiger partial charge is 0.384 e. The van der Waals surface area contributed by atoms with Crippen molar-refractivity contribution >= 4 is 11.8 Å². The maximum atomic E-state index is 4.95. The number of nitrogens with one attached hydrogen (secondary N) is 1. The second-order valence-electron chi connectivity index (χ2n) is 2.71. The highest BCUT2D eigenvalue weighted by Gasteiger charge is 1.89. The molecule has 0 saturated heterocycles. The topological polar surface area (TPSA) is 21.3 Å². The Kier molecular flexibility index (Phi) is 11.5. The molecule has 0 heterocycles. The highest BCUT2D eigenvalue weighted by atomic mass is 32.2. The molecule has 0 aromatic rings. The number of rotatable bonds is 9. The third kappa shape index (κ3) is 10.3. The molecular weight excluding hydrogens is 170 g/mol. The fourth-order valence-electron chi connectivity index (χ4n) is 0.845. The zero-order valence-corrected chi connectivity index (χ0v) is 9.08. The highest BCUT2D eigenvalue weighted by Crippen LogP contribution is 2.00. The summed E-state index contributed by atoms with van der Waals surface area (Å²) in [5.41, 5.74) is 0. The van der Waals surface area contributed by atoms with Crippen LogP contribution in [0.1, 0.15) is 19.8 Å². The van der Waals surface area contributed by atoms with E-state index in [1.54, 1.807) is 7.11 Å². The number of hydrogen-bond donors (Lipinski definition) is 1. The van der Waals surface area contributed by atoms with Crippen LogP contribution < -0.4 is 5.32 Å². The second-order valence-corrected chi connectivity index (χ2v) is 3.93. The average molecular weight is 191 g/mol. The molecule has 0 atom stereocenters. The van der Waals surface area contributed by atoms with Crippen LogP contribution in [0.3, 0.4) is 0 Å². The van der Waals surface area contributed by atoms with E-state index in [9.17, 15) is 0 Å². The Labute approximate surface area is 80.4 Å². The first-order valence-electron chi connectivity index (χ1n) is 4.69. The van der Waals surface area contributed by atoms with E-state index < -0.39 is 0 Å². The van der Waals surface area contributed by atoms with Crippen molar-refractivity contribution in [1.82, 2.24) is 5.32 Å². The van der Waals surface area contributed by atoms with Gasteiger partial charge < -0.3 is 10.1 Å². The fraction of sp³-hybridized carbons (Fsp3) is 1.00. The number of ether oxygens (including phenoxy) is 1. The van der Waals surface area contributed by atoms with Crippen molar-refractivity contribution in [1.29, 1.82) is 0 Å². The van der Waals surface area contributed by atoms with Gasteiger partial charge in [0, 0.05) is 12.9 Å². The van der Waals surface area contributed by atoms with Crippen LogP contribution in [-0.4, -0.2) is 38.3 Å². The summed E-state index contributed by atoms with van der Waals surface area (Å²) in [6.07, 6.45) is 2.51. The van der Waals surface area contributed by atoms with Crippen LogP contribution >= 0.6 is 11.8 Å². The fourth-order valence-corrected chi connectivity index (χ4v) is 1.68. The van der Waals surface area contributed by atoms with E-state index in [2.05, 4.69) is 12.2 Å². The normalized spacial score (nSPS) is 10.5. The molecule has 0 rings (SSSR count). The maximum Gasteiger partial charge on any atom is 0.0552 e. The molecule has 1 N–H and O–H groups in total. The first-order chi connectivity index (χ1) is 5.91. The van der Waals surface area contributed by atoms with Crippen LogP contribution in [0, 0.1) is 0 Å². The minimum absolute atomic E-state index is 0.882. The zero-order valence-electron chi connectivity index (χ0n) is 8.27. The van der Waals surface area contributed by atoms with E-state index in [1.807, 2.05) is 11.8 Å². The van der Waals surface area contributed by atoms with E-state index in [4.69, 9.17) is 4.74 Å². The predicted octanol–water partition coefficient (Wildman–Crippen LogP) is 1.76. The Morgan fingerprint density at radius 3 is 2.75 bits per heavy atom. The summed E-state index contributed by atoms with van der Waals surface area (Å²) in [4.78, 5) is 0. The molecule has 0 bridgehead atoms. The maximum absolute atomic E-state index is 4.95. The van der Waals surface area contributed by atoms with Gasteiger partial charge in [-0.1, -0.05) is 6.92 Å². The smallest absolute Gasteiger partial charge is 0.0552 e. The SMILES string of the molecule is CCCNCCCSCCOC. The van der Waals surface area contributed by atoms with Crippen molar-refractivity contribution in [3.63, 3.8) is 0 Å². The Bertz CT molecular complexity index is 70.9. The van der Waals surface area contributed by atoms with Crippen molar-refractivity contribution in [3.05, 3.63) is 0 Å². The molecule has 0 spiro atoms. The third-order valence-electron chi connectivity index (χ3n) is 1.50. The molecule has 2 nitrogen and oxygen atoms in total. The Morgan fingerprint density at radius 2 is 2.08 bits per heavy atom. The van der Waals surface area contributed by atoms with Crippen LogP contribution in [0.15, 0.2) is 0 Å². The summed E-state index contributed by atoms with van der Waals surface area (Å²) in [7, 11) is 1.75. The molecular formula is C9H21NOS. The van der Waals surface area contributed by atoms with E-state index in [0.29, 0.717) is 0 Å². The first-order valence-corrected chi connectivity index (χ1v) is 5.84. The van der Waals surface area contributed by atoms with E-state index in [-0.39, 0.29) is 0 Å². The first kappa shape index (κ1) is 12.3. The molecule has 0 aromatic carbocycles. The second kappa shape index (κ2) is 11.3. The van der Waals surface area contributed by atoms with Gasteiger partial charge in [0.2, 0.25) is 0 Å². The summed E-state index contributed by atoms with van der Waals surface area (Å²) in [6, 6.07) is 0. The molecule has 74 valence electrons. The zero-order chi connectivity index (χ0) is 9.07. The number of hydrogen-bond acceptors (Lipinski definition) is 3. The van der Waals surface area contributed by atoms with Gasteiger partial charge in [0.1, 0.15) is 0 Å². The van der Waals surface area contributed by atoms with Gasteiger partial charge in [0.25, 0.3) is 0 Å². The summed E-state index contributed by atoms with van der Waals surface area (Å²) in [6.45, 7) is 5.39. The van der Waals surface area contributed by atoms with Crippen LogP contribution in [0.2, 0.25) is 0 Å². The standard InChI is InChI=1S/C9H21NOS/c1-3-5-10-6-4-8-12-9-7-11-2/h10H,3-9H2,1-2H3. The molecule has 0 aliphatic carbocycles. The molecule has 0 saturated carbocycles. The number of methoxy groups -OCH3 is 1. The quantitative estimate of drug-likeness (QED) is 0.561. The molecule has 12 heavy (non-hydrogen) atoms. The number of thioether (sulfide) groups is 1. The van der Waals surface area contributed by atoms with Gasteiger partial charge in [-0.15, -0.1) is 0 Å². The summed E-state index contributed by atoms with van der Waals surface area (Å²) in [5.74, 6) is 2.38. The minimum Gasteiger partial charge on any atom is -0.384 e. The van der Waals surface area contributed by atoms with E-state index in [1.165, 1.54) is 18.6 Å². The lowest BCUT2D eigenvalue weighted by Crippen LogP contribution is -2.16. The Balaban J connectivity index is 2.73. The minimum atomic E-state index is 0.882.